The first kappa shape index (κ1) is 9.91. The normalized spacial score (nSPS) is 20.8. The summed E-state index contributed by atoms with van der Waals surface area (Å²) in [4.78, 5) is 0. The second-order valence-corrected chi connectivity index (χ2v) is 4.63. The molecule has 5 nitrogen and oxygen atoms in total. The minimum absolute atomic E-state index is 0.146. The lowest BCUT2D eigenvalue weighted by Crippen LogP contribution is -2.45. The number of nitrogens with one attached hydrogen (secondary N) is 2. The molecule has 1 aliphatic carbocycles. The van der Waals surface area contributed by atoms with Crippen molar-refractivity contribution in [3.63, 3.8) is 0 Å². The molecule has 1 unspecified atom stereocenters. The fourth-order valence-corrected chi connectivity index (χ4v) is 2.14. The van der Waals surface area contributed by atoms with E-state index in [1.807, 2.05) is 0 Å². The van der Waals surface area contributed by atoms with Crippen molar-refractivity contribution in [1.29, 1.82) is 0 Å². The van der Waals surface area contributed by atoms with Crippen molar-refractivity contribution < 1.29 is 8.42 Å². The van der Waals surface area contributed by atoms with E-state index < -0.39 is 10.2 Å². The zero-order valence-corrected chi connectivity index (χ0v) is 7.89. The molecule has 0 saturated heterocycles. The van der Waals surface area contributed by atoms with Crippen LogP contribution in [0.3, 0.4) is 0 Å². The summed E-state index contributed by atoms with van der Waals surface area (Å²) in [6.45, 7) is 2.04. The standard InChI is InChI=1S/C6H15N3O2S/c1-5(4-7)8-12(10,11)9-6-2-3-6/h5-6,8-9H,2-4,7H2,1H3. The van der Waals surface area contributed by atoms with Crippen LogP contribution < -0.4 is 15.2 Å². The van der Waals surface area contributed by atoms with Crippen LogP contribution in [-0.4, -0.2) is 27.0 Å². The third kappa shape index (κ3) is 3.48. The van der Waals surface area contributed by atoms with Crippen LogP contribution in [-0.2, 0) is 10.2 Å². The topological polar surface area (TPSA) is 84.2 Å². The Kier molecular flexibility index (Phi) is 3.05. The molecule has 0 amide bonds. The van der Waals surface area contributed by atoms with Gasteiger partial charge >= 0.3 is 0 Å². The molecule has 1 atom stereocenters. The molecule has 6 heteroatoms. The van der Waals surface area contributed by atoms with Gasteiger partial charge in [0.15, 0.2) is 0 Å². The fraction of sp³-hybridized carbons (Fsp3) is 1.00. The van der Waals surface area contributed by atoms with E-state index in [9.17, 15) is 8.42 Å². The fourth-order valence-electron chi connectivity index (χ4n) is 0.768. The minimum Gasteiger partial charge on any atom is -0.329 e. The maximum Gasteiger partial charge on any atom is 0.277 e. The first-order valence-electron chi connectivity index (χ1n) is 4.03. The van der Waals surface area contributed by atoms with Gasteiger partial charge in [-0.15, -0.1) is 0 Å². The maximum atomic E-state index is 11.2. The summed E-state index contributed by atoms with van der Waals surface area (Å²) in [6, 6.07) is -0.0614. The molecule has 1 fully saturated rings. The van der Waals surface area contributed by atoms with E-state index in [0.29, 0.717) is 6.54 Å². The van der Waals surface area contributed by atoms with Crippen molar-refractivity contribution in [2.24, 2.45) is 5.73 Å². The van der Waals surface area contributed by atoms with E-state index in [1.54, 1.807) is 6.92 Å². The van der Waals surface area contributed by atoms with Crippen molar-refractivity contribution in [2.75, 3.05) is 6.54 Å². The van der Waals surface area contributed by atoms with Gasteiger partial charge in [-0.1, -0.05) is 0 Å². The first-order chi connectivity index (χ1) is 5.53. The minimum atomic E-state index is -3.31. The van der Waals surface area contributed by atoms with Gasteiger partial charge in [0.1, 0.15) is 0 Å². The molecule has 0 aromatic rings. The highest BCUT2D eigenvalue weighted by Gasteiger charge is 2.27. The molecule has 0 heterocycles. The van der Waals surface area contributed by atoms with E-state index >= 15 is 0 Å². The predicted octanol–water partition coefficient (Wildman–Crippen LogP) is -1.08. The van der Waals surface area contributed by atoms with Gasteiger partial charge in [0.25, 0.3) is 10.2 Å². The van der Waals surface area contributed by atoms with Gasteiger partial charge in [0.2, 0.25) is 0 Å². The molecule has 4 N–H and O–H groups in total. The van der Waals surface area contributed by atoms with Gasteiger partial charge < -0.3 is 5.73 Å². The molecular formula is C6H15N3O2S. The quantitative estimate of drug-likeness (QED) is 0.519. The summed E-state index contributed by atoms with van der Waals surface area (Å²) < 4.78 is 27.3. The summed E-state index contributed by atoms with van der Waals surface area (Å²) in [5.41, 5.74) is 5.27. The second-order valence-electron chi connectivity index (χ2n) is 3.15. The van der Waals surface area contributed by atoms with Gasteiger partial charge in [-0.25, -0.2) is 0 Å². The highest BCUT2D eigenvalue weighted by Crippen LogP contribution is 2.19. The van der Waals surface area contributed by atoms with E-state index in [2.05, 4.69) is 9.44 Å². The second kappa shape index (κ2) is 3.69. The zero-order chi connectivity index (χ0) is 9.19. The highest BCUT2D eigenvalue weighted by atomic mass is 32.2. The SMILES string of the molecule is CC(CN)NS(=O)(=O)NC1CC1. The van der Waals surface area contributed by atoms with Crippen molar-refractivity contribution in [3.05, 3.63) is 0 Å². The van der Waals surface area contributed by atoms with Crippen molar-refractivity contribution >= 4 is 10.2 Å². The van der Waals surface area contributed by atoms with E-state index in [0.717, 1.165) is 12.8 Å². The predicted molar refractivity (Wildman–Crippen MR) is 46.7 cm³/mol. The van der Waals surface area contributed by atoms with Crippen LogP contribution >= 0.6 is 0 Å². The first-order valence-corrected chi connectivity index (χ1v) is 5.51. The number of hydrogen-bond donors (Lipinski definition) is 3. The van der Waals surface area contributed by atoms with Crippen molar-refractivity contribution in [2.45, 2.75) is 31.8 Å². The Balaban J connectivity index is 2.36. The summed E-state index contributed by atoms with van der Waals surface area (Å²) in [5, 5.41) is 0. The van der Waals surface area contributed by atoms with E-state index in [-0.39, 0.29) is 12.1 Å². The Morgan fingerprint density at radius 1 is 1.58 bits per heavy atom. The van der Waals surface area contributed by atoms with Gasteiger partial charge in [-0.3, -0.25) is 0 Å². The summed E-state index contributed by atoms with van der Waals surface area (Å²) in [6.07, 6.45) is 1.88. The molecule has 0 bridgehead atoms. The number of rotatable bonds is 5. The Labute approximate surface area is 72.9 Å². The molecule has 1 aliphatic rings. The van der Waals surface area contributed by atoms with E-state index in [4.69, 9.17) is 5.73 Å². The lowest BCUT2D eigenvalue weighted by molar-refractivity contribution is 0.548. The van der Waals surface area contributed by atoms with Crippen LogP contribution in [0.2, 0.25) is 0 Å². The molecule has 12 heavy (non-hydrogen) atoms. The molecule has 1 rings (SSSR count). The summed E-state index contributed by atoms with van der Waals surface area (Å²) in [7, 11) is -3.31. The van der Waals surface area contributed by atoms with Gasteiger partial charge in [0.05, 0.1) is 0 Å². The lowest BCUT2D eigenvalue weighted by Gasteiger charge is -2.11. The van der Waals surface area contributed by atoms with Crippen LogP contribution in [0.5, 0.6) is 0 Å². The van der Waals surface area contributed by atoms with Crippen molar-refractivity contribution in [1.82, 2.24) is 9.44 Å². The monoisotopic (exact) mass is 193 g/mol. The van der Waals surface area contributed by atoms with Gasteiger partial charge in [-0.05, 0) is 19.8 Å². The highest BCUT2D eigenvalue weighted by molar-refractivity contribution is 7.87. The Bertz CT molecular complexity index is 235. The summed E-state index contributed by atoms with van der Waals surface area (Å²) >= 11 is 0. The Morgan fingerprint density at radius 3 is 2.58 bits per heavy atom. The van der Waals surface area contributed by atoms with Crippen LogP contribution in [0.15, 0.2) is 0 Å². The molecule has 0 aromatic carbocycles. The van der Waals surface area contributed by atoms with Crippen LogP contribution in [0, 0.1) is 0 Å². The average Bonchev–Trinajstić information content (AvgIpc) is 2.69. The lowest BCUT2D eigenvalue weighted by atomic mass is 10.4. The largest absolute Gasteiger partial charge is 0.329 e. The van der Waals surface area contributed by atoms with Crippen LogP contribution in [0.25, 0.3) is 0 Å². The third-order valence-corrected chi connectivity index (χ3v) is 2.97. The summed E-state index contributed by atoms with van der Waals surface area (Å²) in [5.74, 6) is 0. The zero-order valence-electron chi connectivity index (χ0n) is 7.08. The molecule has 0 aliphatic heterocycles. The van der Waals surface area contributed by atoms with E-state index in [1.165, 1.54) is 0 Å². The molecule has 0 spiro atoms. The average molecular weight is 193 g/mol. The van der Waals surface area contributed by atoms with Crippen LogP contribution in [0.4, 0.5) is 0 Å². The Morgan fingerprint density at radius 2 is 2.17 bits per heavy atom. The molecule has 72 valence electrons. The van der Waals surface area contributed by atoms with Gasteiger partial charge in [0, 0.05) is 18.6 Å². The number of nitrogens with two attached hydrogens (primary N) is 1. The van der Waals surface area contributed by atoms with Gasteiger partial charge in [-0.2, -0.15) is 17.9 Å². The molecule has 0 radical (unpaired) electrons. The number of hydrogen-bond acceptors (Lipinski definition) is 3. The molecule has 1 saturated carbocycles. The van der Waals surface area contributed by atoms with Crippen molar-refractivity contribution in [3.8, 4) is 0 Å². The maximum absolute atomic E-state index is 11.2. The third-order valence-electron chi connectivity index (χ3n) is 1.61. The molecular weight excluding hydrogens is 178 g/mol. The molecule has 0 aromatic heterocycles. The smallest absolute Gasteiger partial charge is 0.277 e. The Hall–Kier alpha value is -0.170. The van der Waals surface area contributed by atoms with Crippen LogP contribution in [0.1, 0.15) is 19.8 Å².